The summed E-state index contributed by atoms with van der Waals surface area (Å²) in [5, 5.41) is 13.8. The van der Waals surface area contributed by atoms with E-state index in [0.29, 0.717) is 19.5 Å². The quantitative estimate of drug-likeness (QED) is 0.702. The van der Waals surface area contributed by atoms with Crippen LogP contribution in [0.5, 0.6) is 0 Å². The highest BCUT2D eigenvalue weighted by Crippen LogP contribution is 2.15. The van der Waals surface area contributed by atoms with E-state index in [1.54, 1.807) is 0 Å². The monoisotopic (exact) mass is 328 g/mol. The molecule has 0 bridgehead atoms. The number of urea groups is 1. The molecule has 1 aromatic carbocycles. The van der Waals surface area contributed by atoms with Crippen LogP contribution in [0.2, 0.25) is 0 Å². The zero-order chi connectivity index (χ0) is 14.3. The number of carbonyl (C=O) groups excluding carboxylic acids is 1. The third kappa shape index (κ3) is 6.24. The summed E-state index contributed by atoms with van der Waals surface area (Å²) in [4.78, 5) is 21.8. The van der Waals surface area contributed by atoms with Gasteiger partial charge in [0, 0.05) is 24.0 Å². The summed E-state index contributed by atoms with van der Waals surface area (Å²) in [6.45, 7) is 2.78. The van der Waals surface area contributed by atoms with Crippen molar-refractivity contribution in [3.63, 3.8) is 0 Å². The Morgan fingerprint density at radius 1 is 1.32 bits per heavy atom. The topological polar surface area (TPSA) is 78.4 Å². The van der Waals surface area contributed by atoms with Crippen molar-refractivity contribution in [2.45, 2.75) is 26.3 Å². The first-order chi connectivity index (χ1) is 8.99. The molecule has 104 valence electrons. The lowest BCUT2D eigenvalue weighted by Gasteiger charge is -2.09. The van der Waals surface area contributed by atoms with E-state index in [4.69, 9.17) is 5.11 Å². The largest absolute Gasteiger partial charge is 0.481 e. The Balaban J connectivity index is 2.30. The molecule has 0 unspecified atom stereocenters. The van der Waals surface area contributed by atoms with Crippen LogP contribution in [0.4, 0.5) is 4.79 Å². The molecule has 0 spiro atoms. The van der Waals surface area contributed by atoms with Crippen molar-refractivity contribution >= 4 is 27.9 Å². The summed E-state index contributed by atoms with van der Waals surface area (Å²) in [6, 6.07) is 5.60. The average molecular weight is 329 g/mol. The first-order valence-corrected chi connectivity index (χ1v) is 6.77. The number of aliphatic carboxylic acids is 1. The highest BCUT2D eigenvalue weighted by atomic mass is 79.9. The summed E-state index contributed by atoms with van der Waals surface area (Å²) >= 11 is 3.38. The lowest BCUT2D eigenvalue weighted by molar-refractivity contribution is -0.137. The van der Waals surface area contributed by atoms with E-state index in [2.05, 4.69) is 26.6 Å². The van der Waals surface area contributed by atoms with Crippen molar-refractivity contribution < 1.29 is 14.7 Å². The summed E-state index contributed by atoms with van der Waals surface area (Å²) in [5.74, 6) is -0.855. The second kappa shape index (κ2) is 7.78. The van der Waals surface area contributed by atoms with E-state index in [-0.39, 0.29) is 12.5 Å². The minimum Gasteiger partial charge on any atom is -0.481 e. The second-order valence-corrected chi connectivity index (χ2v) is 5.09. The van der Waals surface area contributed by atoms with Gasteiger partial charge in [0.25, 0.3) is 0 Å². The van der Waals surface area contributed by atoms with Crippen LogP contribution in [0.15, 0.2) is 22.7 Å². The first kappa shape index (κ1) is 15.5. The molecular formula is C13H17BrN2O3. The van der Waals surface area contributed by atoms with Crippen LogP contribution in [0, 0.1) is 6.92 Å². The van der Waals surface area contributed by atoms with E-state index in [1.807, 2.05) is 25.1 Å². The molecule has 0 atom stereocenters. The predicted molar refractivity (Wildman–Crippen MR) is 76.0 cm³/mol. The van der Waals surface area contributed by atoms with Gasteiger partial charge in [0.2, 0.25) is 0 Å². The Bertz CT molecular complexity index is 463. The molecule has 3 N–H and O–H groups in total. The number of halogens is 1. The van der Waals surface area contributed by atoms with Gasteiger partial charge in [-0.25, -0.2) is 4.79 Å². The molecule has 19 heavy (non-hydrogen) atoms. The fourth-order valence-electron chi connectivity index (χ4n) is 1.51. The lowest BCUT2D eigenvalue weighted by atomic mass is 10.1. The van der Waals surface area contributed by atoms with E-state index < -0.39 is 5.97 Å². The maximum atomic E-state index is 11.5. The molecule has 0 saturated heterocycles. The number of rotatable bonds is 6. The molecule has 5 nitrogen and oxygen atoms in total. The maximum absolute atomic E-state index is 11.5. The zero-order valence-electron chi connectivity index (χ0n) is 10.7. The molecule has 0 aliphatic rings. The number of carboxylic acids is 1. The number of hydrogen-bond donors (Lipinski definition) is 3. The van der Waals surface area contributed by atoms with Crippen molar-refractivity contribution in [1.29, 1.82) is 0 Å². The van der Waals surface area contributed by atoms with Gasteiger partial charge in [-0.2, -0.15) is 0 Å². The Hall–Kier alpha value is -1.56. The van der Waals surface area contributed by atoms with Crippen molar-refractivity contribution in [3.05, 3.63) is 33.8 Å². The van der Waals surface area contributed by atoms with Crippen LogP contribution in [0.3, 0.4) is 0 Å². The Morgan fingerprint density at radius 2 is 2.05 bits per heavy atom. The van der Waals surface area contributed by atoms with Crippen LogP contribution in [-0.2, 0) is 11.3 Å². The molecule has 0 fully saturated rings. The van der Waals surface area contributed by atoms with Gasteiger partial charge in [-0.3, -0.25) is 4.79 Å². The summed E-state index contributed by atoms with van der Waals surface area (Å²) in [5.41, 5.74) is 2.14. The van der Waals surface area contributed by atoms with Gasteiger partial charge < -0.3 is 15.7 Å². The van der Waals surface area contributed by atoms with Crippen molar-refractivity contribution in [2.75, 3.05) is 6.54 Å². The van der Waals surface area contributed by atoms with E-state index in [1.165, 1.54) is 0 Å². The van der Waals surface area contributed by atoms with Gasteiger partial charge in [0.1, 0.15) is 0 Å². The van der Waals surface area contributed by atoms with Crippen LogP contribution < -0.4 is 10.6 Å². The highest BCUT2D eigenvalue weighted by Gasteiger charge is 2.03. The lowest BCUT2D eigenvalue weighted by Crippen LogP contribution is -2.35. The molecule has 0 aliphatic heterocycles. The molecule has 0 aliphatic carbocycles. The number of hydrogen-bond acceptors (Lipinski definition) is 2. The minimum absolute atomic E-state index is 0.0605. The zero-order valence-corrected chi connectivity index (χ0v) is 12.3. The molecule has 2 amide bonds. The normalized spacial score (nSPS) is 10.0. The third-order valence-corrected chi connectivity index (χ3v) is 3.10. The standard InChI is InChI=1S/C13H17BrN2O3/c1-9-4-5-11(14)7-10(9)8-16-13(19)15-6-2-3-12(17)18/h4-5,7H,2-3,6,8H2,1H3,(H,17,18)(H2,15,16,19). The Morgan fingerprint density at radius 3 is 2.74 bits per heavy atom. The Labute approximate surface area is 120 Å². The van der Waals surface area contributed by atoms with Gasteiger partial charge in [-0.1, -0.05) is 22.0 Å². The van der Waals surface area contributed by atoms with Gasteiger partial charge in [0.05, 0.1) is 0 Å². The van der Waals surface area contributed by atoms with Crippen molar-refractivity contribution in [3.8, 4) is 0 Å². The van der Waals surface area contributed by atoms with E-state index in [0.717, 1.165) is 15.6 Å². The number of benzene rings is 1. The molecule has 6 heteroatoms. The summed E-state index contributed by atoms with van der Waals surface area (Å²) in [7, 11) is 0. The highest BCUT2D eigenvalue weighted by molar-refractivity contribution is 9.10. The molecule has 0 radical (unpaired) electrons. The van der Waals surface area contributed by atoms with Crippen LogP contribution in [0.25, 0.3) is 0 Å². The van der Waals surface area contributed by atoms with Crippen LogP contribution in [0.1, 0.15) is 24.0 Å². The van der Waals surface area contributed by atoms with Gasteiger partial charge in [-0.05, 0) is 36.6 Å². The smallest absolute Gasteiger partial charge is 0.315 e. The predicted octanol–water partition coefficient (Wildman–Crippen LogP) is 2.42. The number of carbonyl (C=O) groups is 2. The number of aryl methyl sites for hydroxylation is 1. The molecule has 0 saturated carbocycles. The maximum Gasteiger partial charge on any atom is 0.315 e. The minimum atomic E-state index is -0.855. The SMILES string of the molecule is Cc1ccc(Br)cc1CNC(=O)NCCCC(=O)O. The van der Waals surface area contributed by atoms with Crippen LogP contribution >= 0.6 is 15.9 Å². The second-order valence-electron chi connectivity index (χ2n) is 4.18. The molecule has 1 rings (SSSR count). The van der Waals surface area contributed by atoms with Crippen LogP contribution in [-0.4, -0.2) is 23.7 Å². The van der Waals surface area contributed by atoms with E-state index in [9.17, 15) is 9.59 Å². The molecule has 0 heterocycles. The van der Waals surface area contributed by atoms with E-state index >= 15 is 0 Å². The van der Waals surface area contributed by atoms with Crippen molar-refractivity contribution in [1.82, 2.24) is 10.6 Å². The Kier molecular flexibility index (Phi) is 6.35. The number of nitrogens with one attached hydrogen (secondary N) is 2. The summed E-state index contributed by atoms with van der Waals surface area (Å²) < 4.78 is 0.969. The molecule has 1 aromatic rings. The number of carboxylic acid groups (broad SMARTS) is 1. The van der Waals surface area contributed by atoms with Gasteiger partial charge in [-0.15, -0.1) is 0 Å². The van der Waals surface area contributed by atoms with Gasteiger partial charge in [0.15, 0.2) is 0 Å². The first-order valence-electron chi connectivity index (χ1n) is 5.97. The number of amides is 2. The molecule has 0 aromatic heterocycles. The molecular weight excluding hydrogens is 312 g/mol. The summed E-state index contributed by atoms with van der Waals surface area (Å²) in [6.07, 6.45) is 0.490. The fraction of sp³-hybridized carbons (Fsp3) is 0.385. The van der Waals surface area contributed by atoms with Crippen molar-refractivity contribution in [2.24, 2.45) is 0 Å². The van der Waals surface area contributed by atoms with Gasteiger partial charge >= 0.3 is 12.0 Å². The average Bonchev–Trinajstić information content (AvgIpc) is 2.35. The third-order valence-electron chi connectivity index (χ3n) is 2.60. The fourth-order valence-corrected chi connectivity index (χ4v) is 1.92.